The zero-order valence-corrected chi connectivity index (χ0v) is 19.1. The topological polar surface area (TPSA) is 124 Å². The number of imidazole rings is 1. The van der Waals surface area contributed by atoms with Crippen LogP contribution in [-0.4, -0.2) is 49.6 Å². The van der Waals surface area contributed by atoms with Crippen LogP contribution in [0.2, 0.25) is 0 Å². The maximum Gasteiger partial charge on any atom is 0.152 e. The summed E-state index contributed by atoms with van der Waals surface area (Å²) < 4.78 is 5.52. The predicted octanol–water partition coefficient (Wildman–Crippen LogP) is 3.92. The summed E-state index contributed by atoms with van der Waals surface area (Å²) in [6.07, 6.45) is -1.85. The Hall–Kier alpha value is -3.98. The lowest BCUT2D eigenvalue weighted by Gasteiger charge is -2.14. The predicted molar refractivity (Wildman–Crippen MR) is 135 cm³/mol. The second-order valence-electron chi connectivity index (χ2n) is 8.42. The summed E-state index contributed by atoms with van der Waals surface area (Å²) in [4.78, 5) is 12.6. The van der Waals surface area contributed by atoms with Crippen LogP contribution < -0.4 is 10.1 Å². The highest BCUT2D eigenvalue weighted by molar-refractivity contribution is 5.81. The average molecular weight is 471 g/mol. The first-order chi connectivity index (χ1) is 17.0. The van der Waals surface area contributed by atoms with Crippen LogP contribution in [0.4, 0.5) is 5.82 Å². The Kier molecular flexibility index (Phi) is 6.33. The van der Waals surface area contributed by atoms with Crippen LogP contribution in [-0.2, 0) is 0 Å². The zero-order valence-electron chi connectivity index (χ0n) is 19.1. The van der Waals surface area contributed by atoms with Gasteiger partial charge in [0.05, 0.1) is 23.2 Å². The summed E-state index contributed by atoms with van der Waals surface area (Å²) in [6.45, 7) is 1.63. The molecule has 5 rings (SSSR count). The number of hydrogen-bond donors (Lipinski definition) is 5. The smallest absolute Gasteiger partial charge is 0.152 e. The molecule has 2 atom stereocenters. The third-order valence-electron chi connectivity index (χ3n) is 5.81. The lowest BCUT2D eigenvalue weighted by Crippen LogP contribution is -2.21. The molecule has 8 nitrogen and oxygen atoms in total. The second kappa shape index (κ2) is 9.71. The molecule has 35 heavy (non-hydrogen) atoms. The minimum atomic E-state index is -0.938. The van der Waals surface area contributed by atoms with E-state index in [1.54, 1.807) is 6.07 Å². The number of H-pyrrole nitrogens is 1. The van der Waals surface area contributed by atoms with Crippen LogP contribution in [0.1, 0.15) is 17.4 Å². The van der Waals surface area contributed by atoms with Crippen LogP contribution in [0.25, 0.3) is 33.3 Å². The quantitative estimate of drug-likeness (QED) is 0.218. The Balaban J connectivity index is 1.35. The van der Waals surface area contributed by atoms with Gasteiger partial charge in [-0.15, -0.1) is 0 Å². The first-order valence-electron chi connectivity index (χ1n) is 11.3. The molecule has 0 saturated heterocycles. The summed E-state index contributed by atoms with van der Waals surface area (Å²) >= 11 is 0. The van der Waals surface area contributed by atoms with Crippen molar-refractivity contribution in [2.75, 3.05) is 18.5 Å². The van der Waals surface area contributed by atoms with Gasteiger partial charge >= 0.3 is 0 Å². The van der Waals surface area contributed by atoms with Crippen molar-refractivity contribution < 1.29 is 20.1 Å². The Morgan fingerprint density at radius 3 is 2.63 bits per heavy atom. The molecule has 0 saturated carbocycles. The van der Waals surface area contributed by atoms with E-state index in [2.05, 4.69) is 15.3 Å². The number of pyridine rings is 1. The number of benzene rings is 3. The number of aromatic nitrogens is 3. The number of fused-ring (bicyclic) bond motifs is 2. The number of nitrogens with one attached hydrogen (secondary N) is 2. The van der Waals surface area contributed by atoms with Gasteiger partial charge in [0.1, 0.15) is 30.1 Å². The summed E-state index contributed by atoms with van der Waals surface area (Å²) in [5.74, 6) is 1.90. The Morgan fingerprint density at radius 1 is 0.943 bits per heavy atom. The van der Waals surface area contributed by atoms with E-state index in [0.29, 0.717) is 23.0 Å². The fourth-order valence-corrected chi connectivity index (χ4v) is 3.93. The standard InChI is InChI=1S/C27H26N4O4/c1-16-12-20(35-15-19(33)14-32)8-9-21(16)26-29-23-10-6-18(13-24(23)30-26)27(34)31-25-11-7-17-4-2-3-5-22(17)28-25/h2-13,19,27,32-34H,14-15H2,1H3,(H,28,31)(H,29,30)/t19-,27-/m0/s1. The number of aliphatic hydroxyl groups is 3. The number of aryl methyl sites for hydroxylation is 1. The van der Waals surface area contributed by atoms with Gasteiger partial charge in [0, 0.05) is 16.5 Å². The van der Waals surface area contributed by atoms with Crippen LogP contribution in [0.3, 0.4) is 0 Å². The van der Waals surface area contributed by atoms with Gasteiger partial charge in [0.2, 0.25) is 0 Å². The maximum atomic E-state index is 10.8. The van der Waals surface area contributed by atoms with Gasteiger partial charge < -0.3 is 30.4 Å². The maximum absolute atomic E-state index is 10.8. The van der Waals surface area contributed by atoms with E-state index in [0.717, 1.165) is 33.1 Å². The number of nitrogens with zero attached hydrogens (tertiary/aromatic N) is 2. The number of hydrogen-bond acceptors (Lipinski definition) is 7. The van der Waals surface area contributed by atoms with E-state index < -0.39 is 12.3 Å². The van der Waals surface area contributed by atoms with Gasteiger partial charge in [-0.3, -0.25) is 0 Å². The molecule has 0 radical (unpaired) electrons. The van der Waals surface area contributed by atoms with Gasteiger partial charge in [0.15, 0.2) is 6.23 Å². The summed E-state index contributed by atoms with van der Waals surface area (Å²) in [5, 5.41) is 33.3. The van der Waals surface area contributed by atoms with E-state index in [-0.39, 0.29) is 13.2 Å². The molecule has 0 aliphatic carbocycles. The van der Waals surface area contributed by atoms with Crippen molar-refractivity contribution in [1.29, 1.82) is 0 Å². The van der Waals surface area contributed by atoms with Crippen LogP contribution >= 0.6 is 0 Å². The molecule has 0 aliphatic heterocycles. The zero-order chi connectivity index (χ0) is 24.4. The Labute approximate surface area is 201 Å². The first-order valence-corrected chi connectivity index (χ1v) is 11.3. The number of aliphatic hydroxyl groups excluding tert-OH is 3. The largest absolute Gasteiger partial charge is 0.491 e. The fraction of sp³-hybridized carbons (Fsp3) is 0.185. The lowest BCUT2D eigenvalue weighted by molar-refractivity contribution is 0.0536. The van der Waals surface area contributed by atoms with Gasteiger partial charge in [0.25, 0.3) is 0 Å². The second-order valence-corrected chi connectivity index (χ2v) is 8.42. The molecule has 0 bridgehead atoms. The van der Waals surface area contributed by atoms with Crippen LogP contribution in [0.15, 0.2) is 72.8 Å². The van der Waals surface area contributed by atoms with Crippen molar-refractivity contribution in [2.24, 2.45) is 0 Å². The van der Waals surface area contributed by atoms with Gasteiger partial charge in [-0.1, -0.05) is 24.3 Å². The molecule has 178 valence electrons. The molecule has 2 heterocycles. The highest BCUT2D eigenvalue weighted by Gasteiger charge is 2.13. The molecule has 5 N–H and O–H groups in total. The molecule has 2 aromatic heterocycles. The van der Waals surface area contributed by atoms with Gasteiger partial charge in [-0.2, -0.15) is 0 Å². The average Bonchev–Trinajstić information content (AvgIpc) is 3.30. The summed E-state index contributed by atoms with van der Waals surface area (Å²) in [6, 6.07) is 22.8. The number of anilines is 1. The van der Waals surface area contributed by atoms with E-state index in [4.69, 9.17) is 14.8 Å². The summed E-state index contributed by atoms with van der Waals surface area (Å²) in [5.41, 5.74) is 4.99. The van der Waals surface area contributed by atoms with Crippen molar-refractivity contribution in [3.8, 4) is 17.1 Å². The molecule has 0 fully saturated rings. The van der Waals surface area contributed by atoms with E-state index in [1.807, 2.05) is 73.7 Å². The van der Waals surface area contributed by atoms with Crippen molar-refractivity contribution >= 4 is 27.8 Å². The fourth-order valence-electron chi connectivity index (χ4n) is 3.93. The number of aromatic amines is 1. The molecular weight excluding hydrogens is 444 g/mol. The summed E-state index contributed by atoms with van der Waals surface area (Å²) in [7, 11) is 0. The minimum absolute atomic E-state index is 0.0216. The minimum Gasteiger partial charge on any atom is -0.491 e. The van der Waals surface area contributed by atoms with E-state index >= 15 is 0 Å². The SMILES string of the molecule is Cc1cc(OC[C@@H](O)CO)ccc1-c1nc2ccc([C@H](O)Nc3ccc4ccccc4n3)cc2[nH]1. The molecule has 5 aromatic rings. The molecule has 8 heteroatoms. The van der Waals surface area contributed by atoms with Gasteiger partial charge in [-0.05, 0) is 61.0 Å². The van der Waals surface area contributed by atoms with E-state index in [9.17, 15) is 10.2 Å². The molecule has 0 amide bonds. The first kappa shape index (κ1) is 22.8. The normalized spacial score (nSPS) is 13.1. The molecule has 3 aromatic carbocycles. The van der Waals surface area contributed by atoms with Crippen molar-refractivity contribution in [1.82, 2.24) is 15.0 Å². The Morgan fingerprint density at radius 2 is 1.80 bits per heavy atom. The third kappa shape index (κ3) is 4.95. The van der Waals surface area contributed by atoms with Crippen molar-refractivity contribution in [2.45, 2.75) is 19.3 Å². The van der Waals surface area contributed by atoms with Gasteiger partial charge in [-0.25, -0.2) is 9.97 Å². The van der Waals surface area contributed by atoms with Crippen molar-refractivity contribution in [3.63, 3.8) is 0 Å². The number of para-hydroxylation sites is 1. The monoisotopic (exact) mass is 470 g/mol. The highest BCUT2D eigenvalue weighted by atomic mass is 16.5. The number of rotatable bonds is 8. The molecular formula is C27H26N4O4. The Bertz CT molecular complexity index is 1480. The molecule has 0 spiro atoms. The highest BCUT2D eigenvalue weighted by Crippen LogP contribution is 2.28. The molecule has 0 unspecified atom stereocenters. The van der Waals surface area contributed by atoms with Crippen LogP contribution in [0.5, 0.6) is 5.75 Å². The molecule has 0 aliphatic rings. The van der Waals surface area contributed by atoms with E-state index in [1.165, 1.54) is 0 Å². The number of ether oxygens (including phenoxy) is 1. The van der Waals surface area contributed by atoms with Crippen molar-refractivity contribution in [3.05, 3.63) is 83.9 Å². The van der Waals surface area contributed by atoms with Crippen LogP contribution in [0, 0.1) is 6.92 Å². The third-order valence-corrected chi connectivity index (χ3v) is 5.81. The lowest BCUT2D eigenvalue weighted by atomic mass is 10.1.